The molecular formula is C14H12ClFN2O6S2. The first-order valence-corrected chi connectivity index (χ1v) is 10.1. The second-order valence-corrected chi connectivity index (χ2v) is 8.85. The van der Waals surface area contributed by atoms with Crippen molar-refractivity contribution in [2.45, 2.75) is 9.79 Å². The molecule has 12 heteroatoms. The van der Waals surface area contributed by atoms with E-state index in [1.54, 1.807) is 0 Å². The molecule has 0 aliphatic rings. The average Bonchev–Trinajstić information content (AvgIpc) is 2.54. The summed E-state index contributed by atoms with van der Waals surface area (Å²) in [4.78, 5) is 10.2. The normalized spacial score (nSPS) is 12.0. The summed E-state index contributed by atoms with van der Waals surface area (Å²) in [6, 6.07) is 5.90. The van der Waals surface area contributed by atoms with Crippen LogP contribution in [0.3, 0.4) is 0 Å². The van der Waals surface area contributed by atoms with E-state index < -0.39 is 47.3 Å². The maximum Gasteiger partial charge on any atom is 0.338 e. The van der Waals surface area contributed by atoms with Crippen LogP contribution in [0.4, 0.5) is 10.1 Å². The van der Waals surface area contributed by atoms with E-state index >= 15 is 0 Å². The van der Waals surface area contributed by atoms with Gasteiger partial charge in [0, 0.05) is 5.69 Å². The molecule has 0 fully saturated rings. The van der Waals surface area contributed by atoms with Crippen molar-refractivity contribution in [2.24, 2.45) is 0 Å². The molecule has 140 valence electrons. The summed E-state index contributed by atoms with van der Waals surface area (Å²) >= 11 is 5.72. The van der Waals surface area contributed by atoms with Crippen molar-refractivity contribution in [1.82, 2.24) is 4.72 Å². The molecule has 2 aromatic carbocycles. The fourth-order valence-corrected chi connectivity index (χ4v) is 4.26. The van der Waals surface area contributed by atoms with Crippen molar-refractivity contribution in [2.75, 3.05) is 11.8 Å². The third-order valence-electron chi connectivity index (χ3n) is 3.23. The molecule has 0 saturated heterocycles. The summed E-state index contributed by atoms with van der Waals surface area (Å²) in [7, 11) is -6.82. The third-order valence-corrected chi connectivity index (χ3v) is 6.50. The molecule has 2 aromatic rings. The van der Waals surface area contributed by atoms with Crippen molar-refractivity contribution in [1.29, 1.82) is 0 Å². The predicted molar refractivity (Wildman–Crippen MR) is 91.9 cm³/mol. The van der Waals surface area contributed by atoms with Crippen LogP contribution >= 0.6 is 11.6 Å². The third kappa shape index (κ3) is 4.12. The number of nitrogens with one attached hydrogen (secondary N) is 2. The maximum absolute atomic E-state index is 13.5. The second kappa shape index (κ2) is 7.19. The summed E-state index contributed by atoms with van der Waals surface area (Å²) in [5.41, 5.74) is -0.859. The van der Waals surface area contributed by atoms with Gasteiger partial charge in [-0.15, -0.1) is 0 Å². The molecule has 8 nitrogen and oxygen atoms in total. The molecule has 0 radical (unpaired) electrons. The molecular weight excluding hydrogens is 411 g/mol. The predicted octanol–water partition coefficient (Wildman–Crippen LogP) is 1.89. The minimum Gasteiger partial charge on any atom is -0.478 e. The zero-order valence-corrected chi connectivity index (χ0v) is 15.4. The van der Waals surface area contributed by atoms with Crippen LogP contribution in [0, 0.1) is 5.82 Å². The topological polar surface area (TPSA) is 130 Å². The Morgan fingerprint density at radius 2 is 1.65 bits per heavy atom. The van der Waals surface area contributed by atoms with Crippen LogP contribution in [-0.4, -0.2) is 35.0 Å². The Labute approximate surface area is 153 Å². The lowest BCUT2D eigenvalue weighted by molar-refractivity contribution is 0.0691. The van der Waals surface area contributed by atoms with Gasteiger partial charge in [0.1, 0.15) is 10.7 Å². The van der Waals surface area contributed by atoms with Gasteiger partial charge >= 0.3 is 5.97 Å². The van der Waals surface area contributed by atoms with Gasteiger partial charge in [-0.25, -0.2) is 30.7 Å². The first kappa shape index (κ1) is 20.1. The van der Waals surface area contributed by atoms with E-state index in [0.29, 0.717) is 12.1 Å². The lowest BCUT2D eigenvalue weighted by Crippen LogP contribution is -2.18. The number of hydrogen-bond acceptors (Lipinski definition) is 5. The summed E-state index contributed by atoms with van der Waals surface area (Å²) in [5, 5.41) is 8.40. The highest BCUT2D eigenvalue weighted by Gasteiger charge is 2.23. The van der Waals surface area contributed by atoms with Gasteiger partial charge in [0.2, 0.25) is 10.0 Å². The fraction of sp³-hybridized carbons (Fsp3) is 0.0714. The number of carboxylic acid groups (broad SMARTS) is 1. The minimum atomic E-state index is -4.35. The van der Waals surface area contributed by atoms with Gasteiger partial charge in [-0.3, -0.25) is 4.72 Å². The maximum atomic E-state index is 13.5. The smallest absolute Gasteiger partial charge is 0.338 e. The summed E-state index contributed by atoms with van der Waals surface area (Å²) in [6.45, 7) is 0. The van der Waals surface area contributed by atoms with Crippen LogP contribution in [0.25, 0.3) is 0 Å². The molecule has 0 unspecified atom stereocenters. The number of benzene rings is 2. The van der Waals surface area contributed by atoms with Crippen LogP contribution in [-0.2, 0) is 20.0 Å². The van der Waals surface area contributed by atoms with Crippen LogP contribution in [0.15, 0.2) is 46.2 Å². The highest BCUT2D eigenvalue weighted by Crippen LogP contribution is 2.27. The standard InChI is InChI=1S/C14H12ClFN2O6S2/c1-17-25(21,22)9-4-2-8(3-5-9)18-26(23,24)13-6-10(14(19)20)12(16)7-11(13)15/h2-7,17-18H,1H3,(H,19,20). The zero-order chi connectivity index (χ0) is 19.7. The molecule has 0 aliphatic heterocycles. The Bertz CT molecular complexity index is 1070. The van der Waals surface area contributed by atoms with Crippen molar-refractivity contribution < 1.29 is 31.1 Å². The molecule has 0 saturated carbocycles. The van der Waals surface area contributed by atoms with Gasteiger partial charge in [-0.1, -0.05) is 11.6 Å². The molecule has 0 bridgehead atoms. The zero-order valence-electron chi connectivity index (χ0n) is 13.0. The molecule has 0 aromatic heterocycles. The summed E-state index contributed by atoms with van der Waals surface area (Å²) < 4.78 is 65.9. The molecule has 2 rings (SSSR count). The van der Waals surface area contributed by atoms with Crippen LogP contribution < -0.4 is 9.44 Å². The van der Waals surface area contributed by atoms with E-state index in [1.807, 2.05) is 0 Å². The lowest BCUT2D eigenvalue weighted by atomic mass is 10.2. The van der Waals surface area contributed by atoms with Gasteiger partial charge in [0.05, 0.1) is 15.5 Å². The lowest BCUT2D eigenvalue weighted by Gasteiger charge is -2.11. The number of aromatic carboxylic acids is 1. The second-order valence-electron chi connectivity index (χ2n) is 4.91. The van der Waals surface area contributed by atoms with Gasteiger partial charge in [0.25, 0.3) is 10.0 Å². The number of carboxylic acids is 1. The Kier molecular flexibility index (Phi) is 5.56. The van der Waals surface area contributed by atoms with Gasteiger partial charge in [0.15, 0.2) is 0 Å². The molecule has 0 heterocycles. The highest BCUT2D eigenvalue weighted by atomic mass is 35.5. The number of halogens is 2. The van der Waals surface area contributed by atoms with Gasteiger partial charge in [-0.05, 0) is 43.4 Å². The number of sulfonamides is 2. The number of anilines is 1. The summed E-state index contributed by atoms with van der Waals surface area (Å²) in [5.74, 6) is -2.83. The van der Waals surface area contributed by atoms with E-state index in [9.17, 15) is 26.0 Å². The van der Waals surface area contributed by atoms with Crippen LogP contribution in [0.1, 0.15) is 10.4 Å². The minimum absolute atomic E-state index is 0.00248. The molecule has 0 aliphatic carbocycles. The van der Waals surface area contributed by atoms with Crippen LogP contribution in [0.2, 0.25) is 5.02 Å². The van der Waals surface area contributed by atoms with Crippen LogP contribution in [0.5, 0.6) is 0 Å². The van der Waals surface area contributed by atoms with Gasteiger partial charge < -0.3 is 5.11 Å². The molecule has 26 heavy (non-hydrogen) atoms. The van der Waals surface area contributed by atoms with Crippen molar-refractivity contribution in [3.63, 3.8) is 0 Å². The fourth-order valence-electron chi connectivity index (χ4n) is 1.93. The van der Waals surface area contributed by atoms with Gasteiger partial charge in [-0.2, -0.15) is 0 Å². The molecule has 3 N–H and O–H groups in total. The van der Waals surface area contributed by atoms with Crippen molar-refractivity contribution >= 4 is 43.3 Å². The number of hydrogen-bond donors (Lipinski definition) is 3. The molecule has 0 spiro atoms. The number of rotatable bonds is 6. The molecule has 0 amide bonds. The largest absolute Gasteiger partial charge is 0.478 e. The Hall–Kier alpha value is -2.21. The van der Waals surface area contributed by atoms with Crippen molar-refractivity contribution in [3.05, 3.63) is 52.8 Å². The van der Waals surface area contributed by atoms with E-state index in [-0.39, 0.29) is 10.6 Å². The highest BCUT2D eigenvalue weighted by molar-refractivity contribution is 7.92. The van der Waals surface area contributed by atoms with Crippen molar-refractivity contribution in [3.8, 4) is 0 Å². The summed E-state index contributed by atoms with van der Waals surface area (Å²) in [6.07, 6.45) is 0. The van der Waals surface area contributed by atoms with E-state index in [1.165, 1.54) is 31.3 Å². The first-order valence-electron chi connectivity index (χ1n) is 6.76. The molecule has 0 atom stereocenters. The Morgan fingerprint density at radius 3 is 2.15 bits per heavy atom. The SMILES string of the molecule is CNS(=O)(=O)c1ccc(NS(=O)(=O)c2cc(C(=O)O)c(F)cc2Cl)cc1. The Balaban J connectivity index is 2.41. The van der Waals surface area contributed by atoms with E-state index in [4.69, 9.17) is 16.7 Å². The Morgan fingerprint density at radius 1 is 1.08 bits per heavy atom. The average molecular weight is 423 g/mol. The monoisotopic (exact) mass is 422 g/mol. The first-order chi connectivity index (χ1) is 12.0. The van der Waals surface area contributed by atoms with E-state index in [0.717, 1.165) is 0 Å². The van der Waals surface area contributed by atoms with E-state index in [2.05, 4.69) is 9.44 Å². The quantitative estimate of drug-likeness (QED) is 0.651. The number of carbonyl (C=O) groups is 1.